The van der Waals surface area contributed by atoms with Gasteiger partial charge in [0, 0.05) is 24.2 Å². The van der Waals surface area contributed by atoms with Gasteiger partial charge in [0.2, 0.25) is 0 Å². The van der Waals surface area contributed by atoms with Gasteiger partial charge in [-0.15, -0.1) is 0 Å². The van der Waals surface area contributed by atoms with Crippen LogP contribution in [0.3, 0.4) is 0 Å². The number of nitrogens with zero attached hydrogens (tertiary/aromatic N) is 1. The number of benzene rings is 1. The minimum Gasteiger partial charge on any atom is -0.336 e. The van der Waals surface area contributed by atoms with Crippen molar-refractivity contribution in [2.45, 2.75) is 33.4 Å². The Kier molecular flexibility index (Phi) is 5.29. The molecule has 0 saturated carbocycles. The number of nitrogens with one attached hydrogen (secondary N) is 1. The highest BCUT2D eigenvalue weighted by Crippen LogP contribution is 2.12. The summed E-state index contributed by atoms with van der Waals surface area (Å²) in [5.41, 5.74) is 1.04. The first kappa shape index (κ1) is 13.8. The number of carbonyl (C=O) groups excluding carboxylic acids is 1. The van der Waals surface area contributed by atoms with Crippen molar-refractivity contribution in [2.75, 3.05) is 6.54 Å². The van der Waals surface area contributed by atoms with Gasteiger partial charge in [-0.2, -0.15) is 0 Å². The molecule has 1 N–H and O–H groups in total. The van der Waals surface area contributed by atoms with Gasteiger partial charge in [0.25, 0.3) is 0 Å². The molecule has 1 aromatic carbocycles. The molecule has 1 aromatic rings. The van der Waals surface area contributed by atoms with Crippen LogP contribution in [0.4, 0.5) is 4.79 Å². The van der Waals surface area contributed by atoms with Gasteiger partial charge in [-0.3, -0.25) is 0 Å². The summed E-state index contributed by atoms with van der Waals surface area (Å²) in [4.78, 5) is 13.6. The molecule has 0 heterocycles. The fourth-order valence-corrected chi connectivity index (χ4v) is 1.73. The zero-order valence-corrected chi connectivity index (χ0v) is 11.3. The summed E-state index contributed by atoms with van der Waals surface area (Å²) in [6.07, 6.45) is 0. The first-order valence-electron chi connectivity index (χ1n) is 5.82. The highest BCUT2D eigenvalue weighted by atomic mass is 35.5. The van der Waals surface area contributed by atoms with E-state index in [-0.39, 0.29) is 12.1 Å². The third kappa shape index (κ3) is 4.65. The third-order valence-electron chi connectivity index (χ3n) is 2.34. The van der Waals surface area contributed by atoms with Gasteiger partial charge >= 0.3 is 6.03 Å². The highest BCUT2D eigenvalue weighted by Gasteiger charge is 2.12. The molecule has 1 rings (SSSR count). The van der Waals surface area contributed by atoms with E-state index in [2.05, 4.69) is 5.32 Å². The van der Waals surface area contributed by atoms with Gasteiger partial charge in [0.15, 0.2) is 0 Å². The predicted molar refractivity (Wildman–Crippen MR) is 71.2 cm³/mol. The smallest absolute Gasteiger partial charge is 0.317 e. The first-order chi connectivity index (χ1) is 8.02. The van der Waals surface area contributed by atoms with Crippen molar-refractivity contribution < 1.29 is 4.79 Å². The van der Waals surface area contributed by atoms with E-state index in [1.807, 2.05) is 45.0 Å². The van der Waals surface area contributed by atoms with Gasteiger partial charge in [-0.05, 0) is 38.5 Å². The quantitative estimate of drug-likeness (QED) is 0.879. The zero-order valence-electron chi connectivity index (χ0n) is 10.5. The molecule has 0 aliphatic heterocycles. The van der Waals surface area contributed by atoms with E-state index in [1.54, 1.807) is 4.90 Å². The molecule has 0 spiro atoms. The second kappa shape index (κ2) is 6.50. The molecular weight excluding hydrogens is 236 g/mol. The zero-order chi connectivity index (χ0) is 12.8. The van der Waals surface area contributed by atoms with Crippen LogP contribution in [0.2, 0.25) is 5.02 Å². The highest BCUT2D eigenvalue weighted by molar-refractivity contribution is 6.30. The molecule has 4 heteroatoms. The van der Waals surface area contributed by atoms with Crippen molar-refractivity contribution in [3.63, 3.8) is 0 Å². The number of carbonyl (C=O) groups is 1. The fourth-order valence-electron chi connectivity index (χ4n) is 1.52. The molecular formula is C13H19ClN2O. The van der Waals surface area contributed by atoms with E-state index >= 15 is 0 Å². The van der Waals surface area contributed by atoms with Crippen molar-refractivity contribution in [2.24, 2.45) is 0 Å². The molecule has 0 saturated heterocycles. The molecule has 3 nitrogen and oxygen atoms in total. The SMILES string of the molecule is CCN(Cc1cccc(Cl)c1)C(=O)NC(C)C. The monoisotopic (exact) mass is 254 g/mol. The Morgan fingerprint density at radius 2 is 2.18 bits per heavy atom. The molecule has 2 amide bonds. The Balaban J connectivity index is 2.66. The minimum absolute atomic E-state index is 0.0394. The van der Waals surface area contributed by atoms with Gasteiger partial charge < -0.3 is 10.2 Å². The van der Waals surface area contributed by atoms with E-state index in [4.69, 9.17) is 11.6 Å². The summed E-state index contributed by atoms with van der Waals surface area (Å²) < 4.78 is 0. The first-order valence-corrected chi connectivity index (χ1v) is 6.20. The number of hydrogen-bond acceptors (Lipinski definition) is 1. The fraction of sp³-hybridized carbons (Fsp3) is 0.462. The summed E-state index contributed by atoms with van der Waals surface area (Å²) >= 11 is 5.92. The number of amides is 2. The van der Waals surface area contributed by atoms with Crippen LogP contribution in [0, 0.1) is 0 Å². The number of halogens is 1. The van der Waals surface area contributed by atoms with Crippen molar-refractivity contribution >= 4 is 17.6 Å². The number of urea groups is 1. The van der Waals surface area contributed by atoms with Crippen LogP contribution in [-0.4, -0.2) is 23.5 Å². The number of hydrogen-bond donors (Lipinski definition) is 1. The van der Waals surface area contributed by atoms with Crippen LogP contribution in [0.25, 0.3) is 0 Å². The lowest BCUT2D eigenvalue weighted by Gasteiger charge is -2.23. The van der Waals surface area contributed by atoms with Gasteiger partial charge in [0.1, 0.15) is 0 Å². The predicted octanol–water partition coefficient (Wildman–Crippen LogP) is 3.28. The maximum absolute atomic E-state index is 11.9. The maximum atomic E-state index is 11.9. The Morgan fingerprint density at radius 1 is 1.47 bits per heavy atom. The van der Waals surface area contributed by atoms with Crippen LogP contribution in [-0.2, 0) is 6.54 Å². The van der Waals surface area contributed by atoms with Crippen LogP contribution >= 0.6 is 11.6 Å². The summed E-state index contributed by atoms with van der Waals surface area (Å²) in [5.74, 6) is 0. The second-order valence-corrected chi connectivity index (χ2v) is 4.68. The Labute approximate surface area is 108 Å². The van der Waals surface area contributed by atoms with Crippen LogP contribution in [0.15, 0.2) is 24.3 Å². The lowest BCUT2D eigenvalue weighted by molar-refractivity contribution is 0.195. The molecule has 94 valence electrons. The van der Waals surface area contributed by atoms with Gasteiger partial charge in [-0.25, -0.2) is 4.79 Å². The van der Waals surface area contributed by atoms with Crippen LogP contribution in [0.5, 0.6) is 0 Å². The van der Waals surface area contributed by atoms with Crippen molar-refractivity contribution in [3.8, 4) is 0 Å². The standard InChI is InChI=1S/C13H19ClN2O/c1-4-16(13(17)15-10(2)3)9-11-6-5-7-12(14)8-11/h5-8,10H,4,9H2,1-3H3,(H,15,17). The molecule has 0 aromatic heterocycles. The average molecular weight is 255 g/mol. The molecule has 0 radical (unpaired) electrons. The largest absolute Gasteiger partial charge is 0.336 e. The lowest BCUT2D eigenvalue weighted by atomic mass is 10.2. The van der Waals surface area contributed by atoms with Crippen LogP contribution in [0.1, 0.15) is 26.3 Å². The topological polar surface area (TPSA) is 32.3 Å². The van der Waals surface area contributed by atoms with Gasteiger partial charge in [-0.1, -0.05) is 23.7 Å². The normalized spacial score (nSPS) is 10.4. The molecule has 0 unspecified atom stereocenters. The van der Waals surface area contributed by atoms with Crippen molar-refractivity contribution in [1.29, 1.82) is 0 Å². The Morgan fingerprint density at radius 3 is 2.71 bits per heavy atom. The lowest BCUT2D eigenvalue weighted by Crippen LogP contribution is -2.42. The third-order valence-corrected chi connectivity index (χ3v) is 2.58. The van der Waals surface area contributed by atoms with Crippen molar-refractivity contribution in [1.82, 2.24) is 10.2 Å². The summed E-state index contributed by atoms with van der Waals surface area (Å²) in [6, 6.07) is 7.68. The van der Waals surface area contributed by atoms with Gasteiger partial charge in [0.05, 0.1) is 0 Å². The van der Waals surface area contributed by atoms with E-state index in [0.717, 1.165) is 5.56 Å². The summed E-state index contributed by atoms with van der Waals surface area (Å²) in [6.45, 7) is 7.11. The van der Waals surface area contributed by atoms with E-state index in [9.17, 15) is 4.79 Å². The van der Waals surface area contributed by atoms with Crippen LogP contribution < -0.4 is 5.32 Å². The average Bonchev–Trinajstić information content (AvgIpc) is 2.24. The summed E-state index contributed by atoms with van der Waals surface area (Å²) in [5, 5.41) is 3.58. The van der Waals surface area contributed by atoms with E-state index in [0.29, 0.717) is 18.1 Å². The molecule has 17 heavy (non-hydrogen) atoms. The minimum atomic E-state index is -0.0394. The number of rotatable bonds is 4. The molecule has 0 aliphatic rings. The van der Waals surface area contributed by atoms with Crippen molar-refractivity contribution in [3.05, 3.63) is 34.9 Å². The Hall–Kier alpha value is -1.22. The molecule has 0 bridgehead atoms. The molecule has 0 atom stereocenters. The Bertz CT molecular complexity index is 379. The molecule has 0 aliphatic carbocycles. The van der Waals surface area contributed by atoms with E-state index in [1.165, 1.54) is 0 Å². The maximum Gasteiger partial charge on any atom is 0.317 e. The molecule has 0 fully saturated rings. The van der Waals surface area contributed by atoms with E-state index < -0.39 is 0 Å². The summed E-state index contributed by atoms with van der Waals surface area (Å²) in [7, 11) is 0. The second-order valence-electron chi connectivity index (χ2n) is 4.25.